The third-order valence-corrected chi connectivity index (χ3v) is 1.63. The van der Waals surface area contributed by atoms with E-state index in [9.17, 15) is 10.1 Å². The van der Waals surface area contributed by atoms with Gasteiger partial charge in [0.2, 0.25) is 0 Å². The number of phenols is 1. The van der Waals surface area contributed by atoms with Crippen LogP contribution in [0.5, 0.6) is 5.75 Å². The summed E-state index contributed by atoms with van der Waals surface area (Å²) in [6.07, 6.45) is 10.0. The molecule has 1 aromatic carbocycles. The van der Waals surface area contributed by atoms with E-state index in [1.807, 2.05) is 30.7 Å². The predicted octanol–water partition coefficient (Wildman–Crippen LogP) is 3.99. The maximum atomic E-state index is 10.1. The average molecular weight is 323 g/mol. The molecule has 1 aliphatic carbocycles. The van der Waals surface area contributed by atoms with Gasteiger partial charge >= 0.3 is 41.3 Å². The summed E-state index contributed by atoms with van der Waals surface area (Å²) in [7, 11) is 9.78. The van der Waals surface area contributed by atoms with Crippen molar-refractivity contribution in [3.63, 3.8) is 0 Å². The number of aromatic hydroxyl groups is 1. The van der Waals surface area contributed by atoms with Crippen molar-refractivity contribution in [1.82, 2.24) is 0 Å². The van der Waals surface area contributed by atoms with Crippen LogP contribution in [0.4, 0.5) is 5.69 Å². The normalized spacial score (nSPS) is 10.8. The van der Waals surface area contributed by atoms with Gasteiger partial charge in [-0.3, -0.25) is 10.1 Å². The van der Waals surface area contributed by atoms with Gasteiger partial charge in [-0.25, -0.2) is 0 Å². The molecule has 0 aromatic heterocycles. The molecule has 0 amide bonds. The molecule has 0 saturated carbocycles. The summed E-state index contributed by atoms with van der Waals surface area (Å²) in [5, 5.41) is 18.9. The van der Waals surface area contributed by atoms with Crippen LogP contribution in [0.1, 0.15) is 0 Å². The van der Waals surface area contributed by atoms with Gasteiger partial charge in [0.05, 0.1) is 4.92 Å². The van der Waals surface area contributed by atoms with Crippen LogP contribution in [0.3, 0.4) is 0 Å². The van der Waals surface area contributed by atoms with Gasteiger partial charge in [-0.15, -0.1) is 0 Å². The van der Waals surface area contributed by atoms with Crippen LogP contribution in [0, 0.1) is 16.5 Å². The van der Waals surface area contributed by atoms with Gasteiger partial charge in [-0.05, 0) is 6.07 Å². The van der Waals surface area contributed by atoms with Gasteiger partial charge in [0.25, 0.3) is 0 Å². The summed E-state index contributed by atoms with van der Waals surface area (Å²) >= 11 is -0.556. The topological polar surface area (TPSA) is 63.4 Å². The Morgan fingerprint density at radius 3 is 1.89 bits per heavy atom. The summed E-state index contributed by atoms with van der Waals surface area (Å²) in [5.41, 5.74) is -0.262. The molecule has 7 heteroatoms. The third-order valence-electron chi connectivity index (χ3n) is 1.63. The first-order valence-corrected chi connectivity index (χ1v) is 8.98. The van der Waals surface area contributed by atoms with Crippen molar-refractivity contribution >= 4 is 24.3 Å². The second-order valence-corrected chi connectivity index (χ2v) is 5.36. The Labute approximate surface area is 122 Å². The average Bonchev–Trinajstić information content (AvgIpc) is 2.89. The van der Waals surface area contributed by atoms with Crippen LogP contribution in [0.2, 0.25) is 0 Å². The number of allylic oxidation sites excluding steroid dienone is 4. The molecule has 0 heterocycles. The van der Waals surface area contributed by atoms with Gasteiger partial charge in [-0.1, -0.05) is 36.4 Å². The van der Waals surface area contributed by atoms with Gasteiger partial charge in [0.1, 0.15) is 0 Å². The van der Waals surface area contributed by atoms with E-state index in [0.29, 0.717) is 0 Å². The van der Waals surface area contributed by atoms with E-state index in [2.05, 4.69) is 0 Å². The Morgan fingerprint density at radius 1 is 1.11 bits per heavy atom. The molecular formula is C11H10Cl2NO3Ti. The fourth-order valence-electron chi connectivity index (χ4n) is 0.939. The van der Waals surface area contributed by atoms with E-state index < -0.39 is 22.0 Å². The molecule has 1 aliphatic rings. The maximum absolute atomic E-state index is 10.1. The molecule has 1 aromatic rings. The minimum atomic E-state index is -0.630. The first kappa shape index (κ1) is 17.2. The monoisotopic (exact) mass is 322 g/mol. The molecule has 95 valence electrons. The molecule has 1 radical (unpaired) electrons. The standard InChI is InChI=1S/C6H5NO3.C5H5.2ClH.Ti/c8-6-4-2-1-3-5(6)7(9)10;1-2-4-5-3-1;;;/h1-4,8H;1-5H;2*1H;/q;;;;+2/p-2. The van der Waals surface area contributed by atoms with E-state index in [1.165, 1.54) is 24.3 Å². The van der Waals surface area contributed by atoms with Gasteiger partial charge in [0.15, 0.2) is 5.75 Å². The molecule has 0 bridgehead atoms. The fourth-order valence-corrected chi connectivity index (χ4v) is 0.939. The Bertz CT molecular complexity index is 415. The third kappa shape index (κ3) is 8.31. The Kier molecular flexibility index (Phi) is 10.8. The molecular weight excluding hydrogens is 313 g/mol. The van der Waals surface area contributed by atoms with Crippen LogP contribution in [-0.2, 0) is 17.0 Å². The number of nitrogens with zero attached hydrogens (tertiary/aromatic N) is 1. The molecule has 0 spiro atoms. The summed E-state index contributed by atoms with van der Waals surface area (Å²) in [6.45, 7) is 0. The summed E-state index contributed by atoms with van der Waals surface area (Å²) in [6, 6.07) is 5.55. The van der Waals surface area contributed by atoms with E-state index in [4.69, 9.17) is 23.7 Å². The molecule has 1 N–H and O–H groups in total. The first-order chi connectivity index (χ1) is 8.63. The molecule has 2 rings (SSSR count). The van der Waals surface area contributed by atoms with E-state index >= 15 is 0 Å². The number of hydrogen-bond donors (Lipinski definition) is 1. The zero-order valence-corrected chi connectivity index (χ0v) is 12.2. The van der Waals surface area contributed by atoms with Crippen LogP contribution in [-0.4, -0.2) is 10.0 Å². The van der Waals surface area contributed by atoms with Crippen molar-refractivity contribution in [2.24, 2.45) is 0 Å². The van der Waals surface area contributed by atoms with E-state index in [0.717, 1.165) is 0 Å². The van der Waals surface area contributed by atoms with Crippen molar-refractivity contribution in [2.45, 2.75) is 0 Å². The van der Waals surface area contributed by atoms with Crippen LogP contribution in [0.25, 0.3) is 0 Å². The Hall–Kier alpha value is -0.806. The number of nitro benzene ring substituents is 1. The van der Waals surface area contributed by atoms with E-state index in [1.54, 1.807) is 0 Å². The molecule has 0 atom stereocenters. The fraction of sp³-hybridized carbons (Fsp3) is 0. The van der Waals surface area contributed by atoms with Crippen molar-refractivity contribution in [2.75, 3.05) is 0 Å². The summed E-state index contributed by atoms with van der Waals surface area (Å²) < 4.78 is 0. The number of rotatable bonds is 1. The van der Waals surface area contributed by atoms with Crippen LogP contribution >= 0.6 is 18.6 Å². The molecule has 4 nitrogen and oxygen atoms in total. The quantitative estimate of drug-likeness (QED) is 0.483. The number of halogens is 2. The van der Waals surface area contributed by atoms with Crippen LogP contribution in [0.15, 0.2) is 48.6 Å². The SMILES string of the molecule is O=[N+]([O-])c1ccccc1O.[CH]1C=CC=C1.[Cl][Ti][Cl]. The predicted molar refractivity (Wildman–Crippen MR) is 69.0 cm³/mol. The Balaban J connectivity index is 0.000000301. The molecule has 0 saturated heterocycles. The molecule has 0 unspecified atom stereocenters. The summed E-state index contributed by atoms with van der Waals surface area (Å²) in [4.78, 5) is 9.44. The Morgan fingerprint density at radius 2 is 1.61 bits per heavy atom. The molecule has 18 heavy (non-hydrogen) atoms. The number of phenolic OH excluding ortho intramolecular Hbond substituents is 1. The van der Waals surface area contributed by atoms with Crippen molar-refractivity contribution in [3.8, 4) is 5.75 Å². The molecule has 0 fully saturated rings. The number of nitro groups is 1. The summed E-state index contributed by atoms with van der Waals surface area (Å²) in [5.74, 6) is -0.299. The van der Waals surface area contributed by atoms with Gasteiger partial charge in [-0.2, -0.15) is 0 Å². The number of hydrogen-bond acceptors (Lipinski definition) is 3. The van der Waals surface area contributed by atoms with Crippen molar-refractivity contribution in [1.29, 1.82) is 0 Å². The minimum absolute atomic E-state index is 0.262. The second-order valence-electron chi connectivity index (χ2n) is 2.78. The van der Waals surface area contributed by atoms with Gasteiger partial charge in [0, 0.05) is 12.5 Å². The number of benzene rings is 1. The zero-order chi connectivity index (χ0) is 13.8. The molecule has 0 aliphatic heterocycles. The second kappa shape index (κ2) is 11.3. The van der Waals surface area contributed by atoms with E-state index in [-0.39, 0.29) is 11.4 Å². The van der Waals surface area contributed by atoms with Gasteiger partial charge < -0.3 is 5.11 Å². The van der Waals surface area contributed by atoms with Crippen LogP contribution < -0.4 is 0 Å². The first-order valence-electron chi connectivity index (χ1n) is 4.68. The zero-order valence-electron chi connectivity index (χ0n) is 9.16. The van der Waals surface area contributed by atoms with Crippen molar-refractivity contribution < 1.29 is 27.1 Å². The van der Waals surface area contributed by atoms with Crippen molar-refractivity contribution in [3.05, 3.63) is 65.1 Å². The number of para-hydroxylation sites is 2.